The largest absolute Gasteiger partial charge is 0.494 e. The van der Waals surface area contributed by atoms with Gasteiger partial charge in [-0.2, -0.15) is 0 Å². The van der Waals surface area contributed by atoms with Crippen LogP contribution in [0.1, 0.15) is 16.3 Å². The minimum Gasteiger partial charge on any atom is -0.494 e. The highest BCUT2D eigenvalue weighted by molar-refractivity contribution is 6.04. The minimum absolute atomic E-state index is 0.0143. The first kappa shape index (κ1) is 22.6. The number of carbonyl (C=O) groups excluding carboxylic acids is 2. The Morgan fingerprint density at radius 1 is 1.12 bits per heavy atom. The highest BCUT2D eigenvalue weighted by Crippen LogP contribution is 2.25. The number of nitrogens with zero attached hydrogens (tertiary/aromatic N) is 6. The van der Waals surface area contributed by atoms with Gasteiger partial charge in [-0.1, -0.05) is 0 Å². The van der Waals surface area contributed by atoms with E-state index in [4.69, 9.17) is 4.74 Å². The molecule has 11 nitrogen and oxygen atoms in total. The van der Waals surface area contributed by atoms with E-state index in [-0.39, 0.29) is 11.6 Å². The highest BCUT2D eigenvalue weighted by Gasteiger charge is 2.21. The lowest BCUT2D eigenvalue weighted by Crippen LogP contribution is -2.28. The second-order valence-corrected chi connectivity index (χ2v) is 7.12. The van der Waals surface area contributed by atoms with Crippen LogP contribution in [0, 0.1) is 12.7 Å². The van der Waals surface area contributed by atoms with Gasteiger partial charge in [0.25, 0.3) is 5.91 Å². The summed E-state index contributed by atoms with van der Waals surface area (Å²) in [6, 6.07) is 7.39. The van der Waals surface area contributed by atoms with Gasteiger partial charge in [0.15, 0.2) is 17.2 Å². The third-order valence-electron chi connectivity index (χ3n) is 5.03. The fourth-order valence-electron chi connectivity index (χ4n) is 3.21. The second-order valence-electron chi connectivity index (χ2n) is 7.12. The van der Waals surface area contributed by atoms with Crippen molar-refractivity contribution in [2.24, 2.45) is 0 Å². The summed E-state index contributed by atoms with van der Waals surface area (Å²) < 4.78 is 25.0. The van der Waals surface area contributed by atoms with Gasteiger partial charge in [-0.05, 0) is 31.2 Å². The van der Waals surface area contributed by atoms with E-state index in [1.807, 2.05) is 0 Å². The number of fused-ring (bicyclic) bond motifs is 1. The molecule has 12 heteroatoms. The lowest BCUT2D eigenvalue weighted by molar-refractivity contribution is 0.0983. The molecule has 1 aromatic carbocycles. The van der Waals surface area contributed by atoms with E-state index < -0.39 is 17.8 Å². The summed E-state index contributed by atoms with van der Waals surface area (Å²) in [6.07, 6.45) is 2.42. The predicted molar refractivity (Wildman–Crippen MR) is 121 cm³/mol. The number of methoxy groups -OCH3 is 2. The van der Waals surface area contributed by atoms with E-state index in [2.05, 4.69) is 30.0 Å². The topological polar surface area (TPSA) is 124 Å². The quantitative estimate of drug-likeness (QED) is 0.477. The van der Waals surface area contributed by atoms with Crippen molar-refractivity contribution in [2.75, 3.05) is 31.5 Å². The van der Waals surface area contributed by atoms with Crippen LogP contribution in [0.3, 0.4) is 0 Å². The van der Waals surface area contributed by atoms with Gasteiger partial charge in [-0.15, -0.1) is 0 Å². The van der Waals surface area contributed by atoms with Crippen molar-refractivity contribution in [1.29, 1.82) is 0 Å². The third-order valence-corrected chi connectivity index (χ3v) is 5.03. The fraction of sp³-hybridized carbons (Fsp3) is 0.182. The molecule has 0 spiro atoms. The number of amides is 2. The molecular weight excluding hydrogens is 445 g/mol. The van der Waals surface area contributed by atoms with E-state index in [0.717, 1.165) is 0 Å². The van der Waals surface area contributed by atoms with Crippen LogP contribution >= 0.6 is 0 Å². The molecule has 0 saturated heterocycles. The van der Waals surface area contributed by atoms with Gasteiger partial charge in [0.2, 0.25) is 5.82 Å². The maximum Gasteiger partial charge on any atom is 0.412 e. The Morgan fingerprint density at radius 2 is 1.91 bits per heavy atom. The summed E-state index contributed by atoms with van der Waals surface area (Å²) in [5, 5.41) is 2.47. The monoisotopic (exact) mass is 465 g/mol. The SMILES string of the molecule is COC(=O)Nc1ccc(-n2cnc3c(C)nc(C(=O)N(C)c4ccc(F)c(OC)c4)nc32)cn1. The Bertz CT molecular complexity index is 1390. The minimum atomic E-state index is -0.636. The number of aromatic nitrogens is 5. The number of benzene rings is 1. The van der Waals surface area contributed by atoms with E-state index in [1.165, 1.54) is 50.6 Å². The van der Waals surface area contributed by atoms with Crippen LogP contribution in [0.15, 0.2) is 42.9 Å². The first-order valence-corrected chi connectivity index (χ1v) is 9.97. The molecule has 0 saturated carbocycles. The number of hydrogen-bond donors (Lipinski definition) is 1. The smallest absolute Gasteiger partial charge is 0.412 e. The number of imidazole rings is 1. The standard InChI is InChI=1S/C22H20FN7O4/c1-12-18-20(30(11-25-18)14-6-8-17(24-10-14)27-22(32)34-4)28-19(26-12)21(31)29(2)13-5-7-15(23)16(9-13)33-3/h5-11H,1-4H3,(H,24,27,32). The van der Waals surface area contributed by atoms with Gasteiger partial charge in [0.05, 0.1) is 31.8 Å². The molecule has 3 heterocycles. The van der Waals surface area contributed by atoms with Gasteiger partial charge >= 0.3 is 6.09 Å². The predicted octanol–water partition coefficient (Wildman–Crippen LogP) is 3.12. The molecule has 174 valence electrons. The number of anilines is 2. The van der Waals surface area contributed by atoms with Gasteiger partial charge in [-0.25, -0.2) is 29.1 Å². The van der Waals surface area contributed by atoms with Crippen LogP contribution in [0.25, 0.3) is 16.9 Å². The van der Waals surface area contributed by atoms with Crippen molar-refractivity contribution >= 4 is 34.7 Å². The number of carbonyl (C=O) groups is 2. The molecule has 0 aliphatic carbocycles. The van der Waals surface area contributed by atoms with Crippen molar-refractivity contribution in [3.63, 3.8) is 0 Å². The molecule has 34 heavy (non-hydrogen) atoms. The van der Waals surface area contributed by atoms with Gasteiger partial charge < -0.3 is 14.4 Å². The summed E-state index contributed by atoms with van der Waals surface area (Å²) in [5.74, 6) is -0.777. The number of ether oxygens (including phenoxy) is 2. The Balaban J connectivity index is 1.69. The number of halogens is 1. The van der Waals surface area contributed by atoms with Crippen LogP contribution < -0.4 is 15.0 Å². The summed E-state index contributed by atoms with van der Waals surface area (Å²) in [7, 11) is 4.14. The van der Waals surface area contributed by atoms with E-state index in [9.17, 15) is 14.0 Å². The molecule has 0 atom stereocenters. The Labute approximate surface area is 193 Å². The van der Waals surface area contributed by atoms with Crippen molar-refractivity contribution < 1.29 is 23.5 Å². The first-order valence-electron chi connectivity index (χ1n) is 9.97. The van der Waals surface area contributed by atoms with Crippen molar-refractivity contribution in [2.45, 2.75) is 6.92 Å². The number of nitrogens with one attached hydrogen (secondary N) is 1. The molecule has 0 aliphatic rings. The van der Waals surface area contributed by atoms with E-state index in [0.29, 0.717) is 34.1 Å². The van der Waals surface area contributed by atoms with Crippen molar-refractivity contribution in [1.82, 2.24) is 24.5 Å². The van der Waals surface area contributed by atoms with Crippen molar-refractivity contribution in [3.05, 3.63) is 60.2 Å². The van der Waals surface area contributed by atoms with Crippen LogP contribution in [-0.2, 0) is 4.74 Å². The highest BCUT2D eigenvalue weighted by atomic mass is 19.1. The zero-order valence-corrected chi connectivity index (χ0v) is 18.7. The van der Waals surface area contributed by atoms with Crippen LogP contribution in [0.5, 0.6) is 5.75 Å². The zero-order chi connectivity index (χ0) is 24.4. The fourth-order valence-corrected chi connectivity index (χ4v) is 3.21. The Hall–Kier alpha value is -4.61. The average Bonchev–Trinajstić information content (AvgIpc) is 3.28. The average molecular weight is 465 g/mol. The number of pyridine rings is 1. The molecule has 0 radical (unpaired) electrons. The molecular formula is C22H20FN7O4. The third kappa shape index (κ3) is 4.20. The maximum absolute atomic E-state index is 13.8. The summed E-state index contributed by atoms with van der Waals surface area (Å²) in [6.45, 7) is 1.72. The van der Waals surface area contributed by atoms with Crippen LogP contribution in [0.2, 0.25) is 0 Å². The van der Waals surface area contributed by atoms with Crippen LogP contribution in [0.4, 0.5) is 20.7 Å². The molecule has 4 rings (SSSR count). The molecule has 3 aromatic heterocycles. The van der Waals surface area contributed by atoms with E-state index >= 15 is 0 Å². The van der Waals surface area contributed by atoms with Crippen LogP contribution in [-0.4, -0.2) is 57.8 Å². The molecule has 0 aliphatic heterocycles. The van der Waals surface area contributed by atoms with Gasteiger partial charge in [-0.3, -0.25) is 14.7 Å². The maximum atomic E-state index is 13.8. The number of hydrogen-bond acceptors (Lipinski definition) is 8. The molecule has 1 N–H and O–H groups in total. The summed E-state index contributed by atoms with van der Waals surface area (Å²) >= 11 is 0. The van der Waals surface area contributed by atoms with Crippen molar-refractivity contribution in [3.8, 4) is 11.4 Å². The lowest BCUT2D eigenvalue weighted by atomic mass is 10.2. The van der Waals surface area contributed by atoms with Gasteiger partial charge in [0, 0.05) is 18.8 Å². The lowest BCUT2D eigenvalue weighted by Gasteiger charge is -2.17. The molecule has 0 fully saturated rings. The normalized spacial score (nSPS) is 10.7. The molecule has 0 unspecified atom stereocenters. The van der Waals surface area contributed by atoms with Gasteiger partial charge in [0.1, 0.15) is 17.7 Å². The summed E-state index contributed by atoms with van der Waals surface area (Å²) in [4.78, 5) is 43.1. The number of rotatable bonds is 5. The zero-order valence-electron chi connectivity index (χ0n) is 18.7. The molecule has 0 bridgehead atoms. The van der Waals surface area contributed by atoms with E-state index in [1.54, 1.807) is 30.0 Å². The first-order chi connectivity index (χ1) is 16.3. The Kier molecular flexibility index (Phi) is 6.04. The molecule has 2 amide bonds. The Morgan fingerprint density at radius 3 is 2.59 bits per heavy atom. The second kappa shape index (κ2) is 9.10. The summed E-state index contributed by atoms with van der Waals surface area (Å²) in [5.41, 5.74) is 2.44. The number of aryl methyl sites for hydroxylation is 1. The molecule has 4 aromatic rings.